The van der Waals surface area contributed by atoms with Gasteiger partial charge >= 0.3 is 0 Å². The van der Waals surface area contributed by atoms with Crippen LogP contribution in [0.4, 0.5) is 5.69 Å². The van der Waals surface area contributed by atoms with E-state index in [1.54, 1.807) is 42.2 Å². The van der Waals surface area contributed by atoms with Gasteiger partial charge in [-0.25, -0.2) is 0 Å². The fourth-order valence-electron chi connectivity index (χ4n) is 2.93. The second kappa shape index (κ2) is 6.76. The molecule has 2 aromatic carbocycles. The number of piperazine rings is 1. The molecule has 25 heavy (non-hydrogen) atoms. The monoisotopic (exact) mass is 358 g/mol. The molecule has 1 heterocycles. The van der Waals surface area contributed by atoms with Crippen molar-refractivity contribution in [3.05, 3.63) is 58.6 Å². The maximum Gasteiger partial charge on any atom is 0.254 e. The van der Waals surface area contributed by atoms with E-state index in [4.69, 9.17) is 11.6 Å². The Morgan fingerprint density at radius 2 is 2.00 bits per heavy atom. The smallest absolute Gasteiger partial charge is 0.254 e. The molecule has 2 aromatic rings. The highest BCUT2D eigenvalue weighted by atomic mass is 35.5. The molecule has 0 aromatic heterocycles. The highest BCUT2D eigenvalue weighted by Gasteiger charge is 2.33. The fourth-order valence-corrected chi connectivity index (χ4v) is 3.11. The quantitative estimate of drug-likeness (QED) is 0.896. The van der Waals surface area contributed by atoms with Gasteiger partial charge in [0.2, 0.25) is 5.91 Å². The van der Waals surface area contributed by atoms with Gasteiger partial charge in [0.15, 0.2) is 0 Å². The van der Waals surface area contributed by atoms with Crippen LogP contribution in [-0.2, 0) is 4.79 Å². The molecular formula is C19H19ClN2O3. The van der Waals surface area contributed by atoms with Crippen molar-refractivity contribution in [2.75, 3.05) is 18.0 Å². The number of carbonyl (C=O) groups excluding carboxylic acids is 2. The van der Waals surface area contributed by atoms with Crippen LogP contribution in [0.2, 0.25) is 5.02 Å². The Morgan fingerprint density at radius 3 is 2.68 bits per heavy atom. The number of rotatable bonds is 2. The summed E-state index contributed by atoms with van der Waals surface area (Å²) in [5.74, 6) is -0.352. The van der Waals surface area contributed by atoms with Crippen molar-refractivity contribution in [3.8, 4) is 5.75 Å². The molecule has 0 spiro atoms. The first-order valence-corrected chi connectivity index (χ1v) is 8.41. The van der Waals surface area contributed by atoms with Crippen LogP contribution in [0.25, 0.3) is 0 Å². The van der Waals surface area contributed by atoms with Gasteiger partial charge in [0.1, 0.15) is 12.3 Å². The van der Waals surface area contributed by atoms with Gasteiger partial charge in [-0.2, -0.15) is 0 Å². The van der Waals surface area contributed by atoms with Gasteiger partial charge in [0, 0.05) is 28.9 Å². The van der Waals surface area contributed by atoms with Crippen LogP contribution >= 0.6 is 11.6 Å². The van der Waals surface area contributed by atoms with Gasteiger partial charge in [-0.15, -0.1) is 0 Å². The third-order valence-corrected chi connectivity index (χ3v) is 4.66. The maximum atomic E-state index is 12.7. The molecule has 0 saturated carbocycles. The predicted molar refractivity (Wildman–Crippen MR) is 97.1 cm³/mol. The van der Waals surface area contributed by atoms with Gasteiger partial charge in [-0.3, -0.25) is 9.59 Å². The number of anilines is 1. The first-order valence-electron chi connectivity index (χ1n) is 8.03. The molecular weight excluding hydrogens is 340 g/mol. The van der Waals surface area contributed by atoms with Crippen LogP contribution in [0.15, 0.2) is 42.5 Å². The molecule has 2 amide bonds. The minimum atomic E-state index is -0.262. The minimum absolute atomic E-state index is 0.0127. The third kappa shape index (κ3) is 3.46. The Bertz CT molecular complexity index is 837. The number of aromatic hydroxyl groups is 1. The Balaban J connectivity index is 1.81. The summed E-state index contributed by atoms with van der Waals surface area (Å²) in [5, 5.41) is 10.4. The number of amides is 2. The number of nitrogens with zero attached hydrogens (tertiary/aromatic N) is 2. The molecule has 1 fully saturated rings. The minimum Gasteiger partial charge on any atom is -0.508 e. The fraction of sp³-hybridized carbons (Fsp3) is 0.263. The van der Waals surface area contributed by atoms with Crippen molar-refractivity contribution < 1.29 is 14.7 Å². The summed E-state index contributed by atoms with van der Waals surface area (Å²) in [6, 6.07) is 11.7. The van der Waals surface area contributed by atoms with E-state index in [0.717, 1.165) is 5.69 Å². The predicted octanol–water partition coefficient (Wildman–Crippen LogP) is 3.23. The lowest BCUT2D eigenvalue weighted by Gasteiger charge is -2.39. The van der Waals surface area contributed by atoms with Crippen LogP contribution in [0, 0.1) is 6.92 Å². The second-order valence-electron chi connectivity index (χ2n) is 6.27. The number of phenolic OH excluding ortho intramolecular Hbond substituents is 1. The molecule has 1 N–H and O–H groups in total. The number of phenols is 1. The number of benzene rings is 2. The van der Waals surface area contributed by atoms with E-state index in [1.807, 2.05) is 13.0 Å². The van der Waals surface area contributed by atoms with E-state index in [0.29, 0.717) is 22.7 Å². The zero-order chi connectivity index (χ0) is 18.1. The van der Waals surface area contributed by atoms with Gasteiger partial charge in [0.05, 0.1) is 0 Å². The van der Waals surface area contributed by atoms with Crippen LogP contribution in [0.3, 0.4) is 0 Å². The van der Waals surface area contributed by atoms with Crippen molar-refractivity contribution in [1.82, 2.24) is 4.90 Å². The summed E-state index contributed by atoms with van der Waals surface area (Å²) in [7, 11) is 0. The second-order valence-corrected chi connectivity index (χ2v) is 6.70. The topological polar surface area (TPSA) is 60.9 Å². The molecule has 1 atom stereocenters. The van der Waals surface area contributed by atoms with Crippen molar-refractivity contribution in [2.45, 2.75) is 19.9 Å². The summed E-state index contributed by atoms with van der Waals surface area (Å²) in [4.78, 5) is 28.5. The van der Waals surface area contributed by atoms with E-state index in [-0.39, 0.29) is 30.2 Å². The van der Waals surface area contributed by atoms with Crippen LogP contribution in [0.5, 0.6) is 5.75 Å². The summed E-state index contributed by atoms with van der Waals surface area (Å²) in [5.41, 5.74) is 1.80. The Hall–Kier alpha value is -2.53. The van der Waals surface area contributed by atoms with Gasteiger partial charge < -0.3 is 14.9 Å². The summed E-state index contributed by atoms with van der Waals surface area (Å²) in [6.07, 6.45) is 0. The lowest BCUT2D eigenvalue weighted by Crippen LogP contribution is -2.57. The normalized spacial score (nSPS) is 17.7. The molecule has 0 aliphatic carbocycles. The molecule has 1 aliphatic rings. The summed E-state index contributed by atoms with van der Waals surface area (Å²) in [6.45, 7) is 4.04. The van der Waals surface area contributed by atoms with E-state index in [9.17, 15) is 14.7 Å². The van der Waals surface area contributed by atoms with Gasteiger partial charge in [0.25, 0.3) is 5.91 Å². The zero-order valence-corrected chi connectivity index (χ0v) is 14.8. The number of aryl methyl sites for hydroxylation is 1. The Labute approximate surface area is 151 Å². The average molecular weight is 359 g/mol. The lowest BCUT2D eigenvalue weighted by atomic mass is 10.1. The summed E-state index contributed by atoms with van der Waals surface area (Å²) < 4.78 is 0. The Morgan fingerprint density at radius 1 is 1.24 bits per heavy atom. The molecule has 0 radical (unpaired) electrons. The van der Waals surface area contributed by atoms with Crippen molar-refractivity contribution in [3.63, 3.8) is 0 Å². The highest BCUT2D eigenvalue weighted by Crippen LogP contribution is 2.25. The van der Waals surface area contributed by atoms with Gasteiger partial charge in [-0.1, -0.05) is 23.7 Å². The average Bonchev–Trinajstić information content (AvgIpc) is 2.58. The van der Waals surface area contributed by atoms with Crippen molar-refractivity contribution in [2.24, 2.45) is 0 Å². The standard InChI is InChI=1S/C19H19ClN2O3/c1-12-6-7-14(8-17(12)23)19(25)21-11-18(24)22(10-13(21)2)16-5-3-4-15(20)9-16/h3-9,13,23H,10-11H2,1-2H3. The molecule has 1 saturated heterocycles. The number of hydrogen-bond donors (Lipinski definition) is 1. The largest absolute Gasteiger partial charge is 0.508 e. The molecule has 5 nitrogen and oxygen atoms in total. The Kier molecular flexibility index (Phi) is 4.68. The van der Waals surface area contributed by atoms with Crippen molar-refractivity contribution in [1.29, 1.82) is 0 Å². The van der Waals surface area contributed by atoms with E-state index in [1.165, 1.54) is 11.0 Å². The van der Waals surface area contributed by atoms with E-state index >= 15 is 0 Å². The number of carbonyl (C=O) groups is 2. The van der Waals surface area contributed by atoms with Crippen LogP contribution in [-0.4, -0.2) is 41.0 Å². The van der Waals surface area contributed by atoms with E-state index in [2.05, 4.69) is 0 Å². The molecule has 0 bridgehead atoms. The highest BCUT2D eigenvalue weighted by molar-refractivity contribution is 6.30. The molecule has 6 heteroatoms. The summed E-state index contributed by atoms with van der Waals surface area (Å²) >= 11 is 6.01. The van der Waals surface area contributed by atoms with Crippen LogP contribution < -0.4 is 4.90 Å². The number of hydrogen-bond acceptors (Lipinski definition) is 3. The van der Waals surface area contributed by atoms with E-state index < -0.39 is 0 Å². The third-order valence-electron chi connectivity index (χ3n) is 4.42. The molecule has 1 aliphatic heterocycles. The maximum absolute atomic E-state index is 12.7. The SMILES string of the molecule is Cc1ccc(C(=O)N2CC(=O)N(c3cccc(Cl)c3)CC2C)cc1O. The van der Waals surface area contributed by atoms with Crippen molar-refractivity contribution >= 4 is 29.1 Å². The van der Waals surface area contributed by atoms with Crippen LogP contribution in [0.1, 0.15) is 22.8 Å². The molecule has 3 rings (SSSR count). The first kappa shape index (κ1) is 17.3. The lowest BCUT2D eigenvalue weighted by molar-refractivity contribution is -0.121. The first-order chi connectivity index (χ1) is 11.9. The van der Waals surface area contributed by atoms with Gasteiger partial charge in [-0.05, 0) is 49.7 Å². The molecule has 130 valence electrons. The zero-order valence-electron chi connectivity index (χ0n) is 14.1. The number of halogens is 1. The molecule has 1 unspecified atom stereocenters.